The van der Waals surface area contributed by atoms with Crippen LogP contribution in [-0.4, -0.2) is 67.6 Å². The maximum Gasteiger partial charge on any atom is 0.435 e. The minimum absolute atomic E-state index is 0.428. The molecule has 2 nitrogen and oxygen atoms in total. The molecule has 0 bridgehead atoms. The van der Waals surface area contributed by atoms with Gasteiger partial charge in [0.2, 0.25) is 0 Å². The third-order valence-electron chi connectivity index (χ3n) is 5.09. The zero-order chi connectivity index (χ0) is 30.3. The highest BCUT2D eigenvalue weighted by molar-refractivity contribution is 5.44. The number of ether oxygens (including phenoxy) is 2. The van der Waals surface area contributed by atoms with Crippen molar-refractivity contribution in [1.29, 1.82) is 0 Å². The van der Waals surface area contributed by atoms with Crippen LogP contribution >= 0.6 is 0 Å². The molecule has 0 amide bonds. The molecule has 0 aromatic heterocycles. The third kappa shape index (κ3) is 6.92. The summed E-state index contributed by atoms with van der Waals surface area (Å²) in [5.74, 6) is 0. The molecule has 0 aromatic rings. The molecule has 0 N–H and O–H groups in total. The van der Waals surface area contributed by atoms with Crippen molar-refractivity contribution in [2.75, 3.05) is 13.7 Å². The van der Waals surface area contributed by atoms with E-state index in [1.54, 1.807) is 0 Å². The average molecular weight is 590 g/mol. The highest BCUT2D eigenvalue weighted by atomic mass is 19.4. The van der Waals surface area contributed by atoms with Gasteiger partial charge in [-0.25, -0.2) is 8.78 Å². The Balaban J connectivity index is 8.12. The molecule has 0 saturated carbocycles. The highest BCUT2D eigenvalue weighted by Gasteiger charge is 2.87. The highest BCUT2D eigenvalue weighted by Crippen LogP contribution is 2.63. The van der Waals surface area contributed by atoms with Crippen LogP contribution in [0.4, 0.5) is 74.6 Å². The molecular weight excluding hydrogens is 571 g/mol. The Morgan fingerprint density at radius 1 is 0.622 bits per heavy atom. The van der Waals surface area contributed by atoms with Crippen LogP contribution in [0, 0.1) is 0 Å². The molecule has 1 unspecified atom stereocenters. The SMILES string of the molecule is CCC(OCCC(C)(C)OC)C(=C(C(F)(C(F)(F)F)C(F)(F)F)C(F)(C(F)(F)F)C(F)(F)F)C(F)(F)F. The summed E-state index contributed by atoms with van der Waals surface area (Å²) in [7, 11) is 1.02. The van der Waals surface area contributed by atoms with E-state index in [-0.39, 0.29) is 0 Å². The van der Waals surface area contributed by atoms with Gasteiger partial charge in [-0.15, -0.1) is 0 Å². The fourth-order valence-corrected chi connectivity index (χ4v) is 2.94. The smallest absolute Gasteiger partial charge is 0.379 e. The molecule has 0 heterocycles. The van der Waals surface area contributed by atoms with Gasteiger partial charge < -0.3 is 9.47 Å². The van der Waals surface area contributed by atoms with Gasteiger partial charge in [-0.3, -0.25) is 0 Å². The molecule has 0 rings (SSSR count). The van der Waals surface area contributed by atoms with E-state index >= 15 is 0 Å². The Bertz CT molecular complexity index is 728. The minimum Gasteiger partial charge on any atom is -0.379 e. The Morgan fingerprint density at radius 2 is 0.946 bits per heavy atom. The van der Waals surface area contributed by atoms with E-state index in [0.29, 0.717) is 6.92 Å². The molecule has 222 valence electrons. The predicted molar refractivity (Wildman–Crippen MR) is 90.7 cm³/mol. The monoisotopic (exact) mass is 590 g/mol. The van der Waals surface area contributed by atoms with Crippen LogP contribution in [0.3, 0.4) is 0 Å². The van der Waals surface area contributed by atoms with Crippen LogP contribution in [0.5, 0.6) is 0 Å². The summed E-state index contributed by atoms with van der Waals surface area (Å²) in [6, 6.07) is 0. The first-order valence-corrected chi connectivity index (χ1v) is 9.61. The van der Waals surface area contributed by atoms with Crippen molar-refractivity contribution in [3.63, 3.8) is 0 Å². The first kappa shape index (κ1) is 35.5. The van der Waals surface area contributed by atoms with Crippen LogP contribution in [0.2, 0.25) is 0 Å². The van der Waals surface area contributed by atoms with Gasteiger partial charge in [-0.1, -0.05) is 6.92 Å². The normalized spacial score (nSPS) is 16.1. The lowest BCUT2D eigenvalue weighted by Gasteiger charge is -2.42. The Labute approximate surface area is 197 Å². The van der Waals surface area contributed by atoms with Crippen molar-refractivity contribution in [3.8, 4) is 0 Å². The van der Waals surface area contributed by atoms with Crippen LogP contribution in [0.15, 0.2) is 11.1 Å². The molecule has 0 saturated heterocycles. The van der Waals surface area contributed by atoms with Crippen molar-refractivity contribution in [2.24, 2.45) is 0 Å². The number of allylic oxidation sites excluding steroid dienone is 1. The molecule has 0 aliphatic rings. The lowest BCUT2D eigenvalue weighted by molar-refractivity contribution is -0.365. The Kier molecular flexibility index (Phi) is 10.1. The quantitative estimate of drug-likeness (QED) is 0.200. The first-order chi connectivity index (χ1) is 16.0. The topological polar surface area (TPSA) is 18.5 Å². The summed E-state index contributed by atoms with van der Waals surface area (Å²) in [6.07, 6.45) is -44.7. The van der Waals surface area contributed by atoms with Crippen LogP contribution in [-0.2, 0) is 9.47 Å². The Morgan fingerprint density at radius 3 is 1.16 bits per heavy atom. The summed E-state index contributed by atoms with van der Waals surface area (Å²) < 4.78 is 239. The number of hydrogen-bond donors (Lipinski definition) is 0. The maximum atomic E-state index is 14.7. The number of methoxy groups -OCH3 is 1. The van der Waals surface area contributed by atoms with Crippen LogP contribution < -0.4 is 0 Å². The second-order valence-corrected chi connectivity index (χ2v) is 8.08. The third-order valence-corrected chi connectivity index (χ3v) is 5.09. The van der Waals surface area contributed by atoms with Crippen molar-refractivity contribution < 1.29 is 84.1 Å². The molecular formula is C18H19F17O2. The number of rotatable bonds is 9. The number of alkyl halides is 17. The summed E-state index contributed by atoms with van der Waals surface area (Å²) in [4.78, 5) is 0. The molecule has 19 heteroatoms. The lowest BCUT2D eigenvalue weighted by atomic mass is 9.76. The zero-order valence-corrected chi connectivity index (χ0v) is 18.9. The molecule has 37 heavy (non-hydrogen) atoms. The second kappa shape index (κ2) is 10.6. The minimum atomic E-state index is -8.13. The molecule has 0 fully saturated rings. The standard InChI is InChI=1S/C18H19F17O2/c1-5-8(37-7-6-11(2,3)36-4)9(14(21,22)23)10(12(19,15(24,25)26)16(27,28)29)13(20,17(30,31)32)18(33,34)35/h8H,5-7H2,1-4H3. The van der Waals surface area contributed by atoms with Gasteiger partial charge >= 0.3 is 42.2 Å². The van der Waals surface area contributed by atoms with Gasteiger partial charge in [0.15, 0.2) is 0 Å². The van der Waals surface area contributed by atoms with E-state index in [9.17, 15) is 74.6 Å². The zero-order valence-electron chi connectivity index (χ0n) is 18.9. The largest absolute Gasteiger partial charge is 0.435 e. The second-order valence-electron chi connectivity index (χ2n) is 8.08. The molecule has 0 aliphatic heterocycles. The van der Waals surface area contributed by atoms with E-state index in [1.165, 1.54) is 13.8 Å². The summed E-state index contributed by atoms with van der Waals surface area (Å²) in [5, 5.41) is 0. The van der Waals surface area contributed by atoms with Gasteiger partial charge in [0.25, 0.3) is 0 Å². The summed E-state index contributed by atoms with van der Waals surface area (Å²) in [6.45, 7) is 1.67. The number of halogens is 17. The van der Waals surface area contributed by atoms with Gasteiger partial charge in [0.05, 0.1) is 29.5 Å². The van der Waals surface area contributed by atoms with E-state index in [2.05, 4.69) is 4.74 Å². The van der Waals surface area contributed by atoms with Gasteiger partial charge in [0.1, 0.15) is 0 Å². The fraction of sp³-hybridized carbons (Fsp3) is 0.889. The van der Waals surface area contributed by atoms with E-state index in [4.69, 9.17) is 4.74 Å². The molecule has 0 aromatic carbocycles. The van der Waals surface area contributed by atoms with Crippen LogP contribution in [0.1, 0.15) is 33.6 Å². The van der Waals surface area contributed by atoms with Crippen molar-refractivity contribution in [2.45, 2.75) is 87.5 Å². The fourth-order valence-electron chi connectivity index (χ4n) is 2.94. The lowest BCUT2D eigenvalue weighted by Crippen LogP contribution is -2.67. The van der Waals surface area contributed by atoms with Gasteiger partial charge in [-0.2, -0.15) is 65.9 Å². The predicted octanol–water partition coefficient (Wildman–Crippen LogP) is 8.12. The Hall–Kier alpha value is -1.53. The summed E-state index contributed by atoms with van der Waals surface area (Å²) >= 11 is 0. The van der Waals surface area contributed by atoms with Crippen molar-refractivity contribution in [1.82, 2.24) is 0 Å². The first-order valence-electron chi connectivity index (χ1n) is 9.61. The maximum absolute atomic E-state index is 14.7. The average Bonchev–Trinajstić information content (AvgIpc) is 2.64. The molecule has 0 radical (unpaired) electrons. The van der Waals surface area contributed by atoms with Gasteiger partial charge in [-0.05, 0) is 26.7 Å². The number of hydrogen-bond acceptors (Lipinski definition) is 2. The van der Waals surface area contributed by atoms with E-state index < -0.39 is 84.5 Å². The summed E-state index contributed by atoms with van der Waals surface area (Å²) in [5.41, 5.74) is -27.1. The van der Waals surface area contributed by atoms with Crippen molar-refractivity contribution >= 4 is 0 Å². The van der Waals surface area contributed by atoms with E-state index in [0.717, 1.165) is 7.11 Å². The van der Waals surface area contributed by atoms with Gasteiger partial charge in [0, 0.05) is 7.11 Å². The van der Waals surface area contributed by atoms with Crippen LogP contribution in [0.25, 0.3) is 0 Å². The molecule has 0 aliphatic carbocycles. The molecule has 1 atom stereocenters. The van der Waals surface area contributed by atoms with Crippen molar-refractivity contribution in [3.05, 3.63) is 11.1 Å². The molecule has 0 spiro atoms. The van der Waals surface area contributed by atoms with E-state index in [1.807, 2.05) is 0 Å².